The molecular weight excluding hydrogens is 342 g/mol. The molecule has 0 radical (unpaired) electrons. The highest BCUT2D eigenvalue weighted by Gasteiger charge is 2.43. The van der Waals surface area contributed by atoms with Gasteiger partial charge in [0.05, 0.1) is 19.8 Å². The molecule has 0 fully saturated rings. The lowest BCUT2D eigenvalue weighted by atomic mass is 9.76. The Labute approximate surface area is 159 Å². The maximum absolute atomic E-state index is 10.1. The molecule has 27 heavy (non-hydrogen) atoms. The van der Waals surface area contributed by atoms with E-state index in [-0.39, 0.29) is 17.0 Å². The van der Waals surface area contributed by atoms with Crippen molar-refractivity contribution >= 4 is 11.3 Å². The number of phenolic OH excluding ortho intramolecular Hbond substituents is 2. The fourth-order valence-corrected chi connectivity index (χ4v) is 4.61. The minimum absolute atomic E-state index is 0.0673. The largest absolute Gasteiger partial charge is 0.504 e. The van der Waals surface area contributed by atoms with E-state index in [1.54, 1.807) is 26.4 Å². The molecule has 2 aromatic rings. The van der Waals surface area contributed by atoms with Crippen LogP contribution in [0.2, 0.25) is 0 Å². The van der Waals surface area contributed by atoms with E-state index in [0.29, 0.717) is 0 Å². The van der Waals surface area contributed by atoms with Gasteiger partial charge in [0, 0.05) is 23.4 Å². The van der Waals surface area contributed by atoms with Crippen molar-refractivity contribution < 1.29 is 19.7 Å². The lowest BCUT2D eigenvalue weighted by Crippen LogP contribution is -2.46. The molecular formula is C22H25NO4. The lowest BCUT2D eigenvalue weighted by molar-refractivity contribution is 0.187. The number of hydrogen-bond acceptors (Lipinski definition) is 5. The van der Waals surface area contributed by atoms with Crippen molar-refractivity contribution in [1.82, 2.24) is 4.90 Å². The molecule has 5 nitrogen and oxygen atoms in total. The fraction of sp³-hybridized carbons (Fsp3) is 0.364. The van der Waals surface area contributed by atoms with Gasteiger partial charge in [0.25, 0.3) is 0 Å². The first-order valence-corrected chi connectivity index (χ1v) is 9.10. The summed E-state index contributed by atoms with van der Waals surface area (Å²) in [4.78, 5) is 2.37. The summed E-state index contributed by atoms with van der Waals surface area (Å²) in [6.45, 7) is 7.29. The van der Waals surface area contributed by atoms with Gasteiger partial charge in [-0.1, -0.05) is 6.07 Å². The quantitative estimate of drug-likeness (QED) is 0.782. The molecule has 0 bridgehead atoms. The standard InChI is InChI=1S/C22H25NO4/c1-12-14-6-7-18(26-4)21(27-5)19(14)22(2,3)23-9-8-13-10-16(24)17(25)11-15(13)20(12)23/h6-7,10-11,24-25H,8-9H2,1-5H3. The van der Waals surface area contributed by atoms with Crippen LogP contribution in [0.1, 0.15) is 43.0 Å². The first kappa shape index (κ1) is 17.6. The zero-order valence-corrected chi connectivity index (χ0v) is 16.4. The maximum Gasteiger partial charge on any atom is 0.166 e. The molecule has 142 valence electrons. The average Bonchev–Trinajstić information content (AvgIpc) is 2.65. The second-order valence-electron chi connectivity index (χ2n) is 7.66. The summed E-state index contributed by atoms with van der Waals surface area (Å²) in [6, 6.07) is 7.37. The summed E-state index contributed by atoms with van der Waals surface area (Å²) >= 11 is 0. The Balaban J connectivity index is 2.06. The highest BCUT2D eigenvalue weighted by molar-refractivity contribution is 5.95. The van der Waals surface area contributed by atoms with Crippen LogP contribution in [0.4, 0.5) is 0 Å². The van der Waals surface area contributed by atoms with Gasteiger partial charge in [-0.15, -0.1) is 0 Å². The van der Waals surface area contributed by atoms with E-state index in [2.05, 4.69) is 31.7 Å². The normalized spacial score (nSPS) is 17.1. The first-order valence-electron chi connectivity index (χ1n) is 9.10. The minimum Gasteiger partial charge on any atom is -0.504 e. The van der Waals surface area contributed by atoms with Crippen LogP contribution in [0.15, 0.2) is 24.3 Å². The number of fused-ring (bicyclic) bond motifs is 4. The number of hydrogen-bond donors (Lipinski definition) is 2. The van der Waals surface area contributed by atoms with Crippen LogP contribution in [-0.4, -0.2) is 35.9 Å². The molecule has 0 amide bonds. The number of rotatable bonds is 2. The van der Waals surface area contributed by atoms with E-state index in [1.807, 2.05) is 6.07 Å². The SMILES string of the molecule is COc1ccc2c(c1OC)C(C)(C)N1CCc3cc(O)c(O)cc3C1=C2C. The van der Waals surface area contributed by atoms with Crippen LogP contribution in [0.25, 0.3) is 11.3 Å². The topological polar surface area (TPSA) is 62.2 Å². The van der Waals surface area contributed by atoms with Crippen LogP contribution >= 0.6 is 0 Å². The lowest BCUT2D eigenvalue weighted by Gasteiger charge is -2.50. The summed E-state index contributed by atoms with van der Waals surface area (Å²) in [5.74, 6) is 1.33. The van der Waals surface area contributed by atoms with E-state index in [4.69, 9.17) is 9.47 Å². The van der Waals surface area contributed by atoms with Gasteiger partial charge in [0.1, 0.15) is 0 Å². The molecule has 0 unspecified atom stereocenters. The van der Waals surface area contributed by atoms with Gasteiger partial charge in [-0.05, 0) is 62.1 Å². The molecule has 5 heteroatoms. The van der Waals surface area contributed by atoms with Crippen molar-refractivity contribution in [3.8, 4) is 23.0 Å². The number of phenols is 2. The Bertz CT molecular complexity index is 975. The molecule has 2 N–H and O–H groups in total. The molecule has 0 saturated carbocycles. The smallest absolute Gasteiger partial charge is 0.166 e. The third kappa shape index (κ3) is 2.30. The van der Waals surface area contributed by atoms with Crippen LogP contribution < -0.4 is 9.47 Å². The molecule has 2 aromatic carbocycles. The van der Waals surface area contributed by atoms with E-state index in [9.17, 15) is 10.2 Å². The third-order valence-electron chi connectivity index (χ3n) is 5.92. The summed E-state index contributed by atoms with van der Waals surface area (Å²) < 4.78 is 11.3. The molecule has 2 aliphatic rings. The molecule has 0 aromatic heterocycles. The highest BCUT2D eigenvalue weighted by Crippen LogP contribution is 2.54. The van der Waals surface area contributed by atoms with E-state index in [1.165, 1.54) is 0 Å². The van der Waals surface area contributed by atoms with Gasteiger partial charge in [-0.3, -0.25) is 0 Å². The molecule has 2 heterocycles. The van der Waals surface area contributed by atoms with Gasteiger partial charge < -0.3 is 24.6 Å². The number of nitrogens with zero attached hydrogens (tertiary/aromatic N) is 1. The molecule has 4 rings (SSSR count). The molecule has 2 aliphatic heterocycles. The summed E-state index contributed by atoms with van der Waals surface area (Å²) in [7, 11) is 3.33. The van der Waals surface area contributed by atoms with Crippen LogP contribution in [0.5, 0.6) is 23.0 Å². The van der Waals surface area contributed by atoms with Crippen LogP contribution in [-0.2, 0) is 12.0 Å². The number of benzene rings is 2. The second kappa shape index (κ2) is 5.84. The van der Waals surface area contributed by atoms with Crippen molar-refractivity contribution in [2.45, 2.75) is 32.7 Å². The minimum atomic E-state index is -0.324. The summed E-state index contributed by atoms with van der Waals surface area (Å²) in [5.41, 5.74) is 6.14. The van der Waals surface area contributed by atoms with Gasteiger partial charge in [0.2, 0.25) is 0 Å². The van der Waals surface area contributed by atoms with Gasteiger partial charge in [-0.2, -0.15) is 0 Å². The zero-order valence-electron chi connectivity index (χ0n) is 16.4. The number of ether oxygens (including phenoxy) is 2. The second-order valence-corrected chi connectivity index (χ2v) is 7.66. The molecule has 0 aliphatic carbocycles. The Morgan fingerprint density at radius 3 is 2.37 bits per heavy atom. The first-order chi connectivity index (χ1) is 12.8. The van der Waals surface area contributed by atoms with Crippen LogP contribution in [0.3, 0.4) is 0 Å². The van der Waals surface area contributed by atoms with Gasteiger partial charge >= 0.3 is 0 Å². The summed E-state index contributed by atoms with van der Waals surface area (Å²) in [5, 5.41) is 20.0. The van der Waals surface area contributed by atoms with E-state index < -0.39 is 0 Å². The third-order valence-corrected chi connectivity index (χ3v) is 5.92. The predicted molar refractivity (Wildman–Crippen MR) is 105 cm³/mol. The highest BCUT2D eigenvalue weighted by atomic mass is 16.5. The van der Waals surface area contributed by atoms with Crippen molar-refractivity contribution in [1.29, 1.82) is 0 Å². The predicted octanol–water partition coefficient (Wildman–Crippen LogP) is 4.11. The van der Waals surface area contributed by atoms with Crippen molar-refractivity contribution in [2.75, 3.05) is 20.8 Å². The summed E-state index contributed by atoms with van der Waals surface area (Å²) in [6.07, 6.45) is 0.797. The van der Waals surface area contributed by atoms with Crippen molar-refractivity contribution in [2.24, 2.45) is 0 Å². The van der Waals surface area contributed by atoms with Crippen LogP contribution in [0, 0.1) is 0 Å². The molecule has 0 atom stereocenters. The van der Waals surface area contributed by atoms with E-state index >= 15 is 0 Å². The number of allylic oxidation sites excluding steroid dienone is 1. The molecule has 0 saturated heterocycles. The average molecular weight is 367 g/mol. The Morgan fingerprint density at radius 1 is 1.00 bits per heavy atom. The number of methoxy groups -OCH3 is 2. The fourth-order valence-electron chi connectivity index (χ4n) is 4.61. The van der Waals surface area contributed by atoms with E-state index in [0.717, 1.165) is 58.0 Å². The Kier molecular flexibility index (Phi) is 3.81. The molecule has 0 spiro atoms. The van der Waals surface area contributed by atoms with Gasteiger partial charge in [-0.25, -0.2) is 0 Å². The maximum atomic E-state index is 10.1. The van der Waals surface area contributed by atoms with Gasteiger partial charge in [0.15, 0.2) is 23.0 Å². The Morgan fingerprint density at radius 2 is 1.70 bits per heavy atom. The van der Waals surface area contributed by atoms with Crippen molar-refractivity contribution in [3.63, 3.8) is 0 Å². The van der Waals surface area contributed by atoms with Crippen molar-refractivity contribution in [3.05, 3.63) is 46.5 Å². The number of aromatic hydroxyl groups is 2. The monoisotopic (exact) mass is 367 g/mol. The Hall–Kier alpha value is -2.82. The zero-order chi connectivity index (χ0) is 19.5.